The number of hydrogen-bond acceptors (Lipinski definition) is 6. The van der Waals surface area contributed by atoms with Crippen molar-refractivity contribution in [1.82, 2.24) is 14.9 Å². The highest BCUT2D eigenvalue weighted by atomic mass is 35.5. The molecular weight excluding hydrogens is 406 g/mol. The Bertz CT molecular complexity index is 932. The van der Waals surface area contributed by atoms with Crippen LogP contribution in [0.4, 0.5) is 4.79 Å². The van der Waals surface area contributed by atoms with E-state index < -0.39 is 5.60 Å². The van der Waals surface area contributed by atoms with Crippen LogP contribution < -0.4 is 9.47 Å². The Morgan fingerprint density at radius 3 is 2.47 bits per heavy atom. The van der Waals surface area contributed by atoms with Crippen LogP contribution in [0.3, 0.4) is 0 Å². The summed E-state index contributed by atoms with van der Waals surface area (Å²) in [6.07, 6.45) is 5.75. The predicted octanol–water partition coefficient (Wildman–Crippen LogP) is 4.99. The average molecular weight is 434 g/mol. The van der Waals surface area contributed by atoms with E-state index in [1.165, 1.54) is 6.33 Å². The van der Waals surface area contributed by atoms with Crippen LogP contribution in [0.5, 0.6) is 11.5 Å². The van der Waals surface area contributed by atoms with Gasteiger partial charge in [-0.1, -0.05) is 11.6 Å². The third-order valence-corrected chi connectivity index (χ3v) is 6.00. The van der Waals surface area contributed by atoms with Crippen molar-refractivity contribution in [2.75, 3.05) is 7.11 Å². The molecule has 2 bridgehead atoms. The Labute approximate surface area is 181 Å². The molecule has 1 aromatic heterocycles. The number of halogens is 1. The largest absolute Gasteiger partial charge is 0.493 e. The van der Waals surface area contributed by atoms with Crippen LogP contribution in [0, 0.1) is 0 Å². The van der Waals surface area contributed by atoms with Crippen LogP contribution in [-0.2, 0) is 4.74 Å². The predicted molar refractivity (Wildman–Crippen MR) is 114 cm³/mol. The zero-order chi connectivity index (χ0) is 21.5. The SMILES string of the molecule is COc1cc2ncnc(Cl)c2cc1OC1CC2CCCC(C1)N2C(=O)OC(C)(C)C. The molecular formula is C22H28ClN3O4. The lowest BCUT2D eigenvalue weighted by Gasteiger charge is -2.48. The first-order valence-corrected chi connectivity index (χ1v) is 10.8. The van der Waals surface area contributed by atoms with Crippen molar-refractivity contribution in [3.05, 3.63) is 23.6 Å². The van der Waals surface area contributed by atoms with Gasteiger partial charge in [-0.2, -0.15) is 0 Å². The molecule has 0 saturated carbocycles. The Kier molecular flexibility index (Phi) is 5.66. The first-order valence-electron chi connectivity index (χ1n) is 10.4. The van der Waals surface area contributed by atoms with E-state index in [9.17, 15) is 4.79 Å². The van der Waals surface area contributed by atoms with Crippen LogP contribution >= 0.6 is 11.6 Å². The third-order valence-electron chi connectivity index (χ3n) is 5.70. The summed E-state index contributed by atoms with van der Waals surface area (Å²) in [7, 11) is 1.61. The van der Waals surface area contributed by atoms with Gasteiger partial charge in [-0.25, -0.2) is 14.8 Å². The second kappa shape index (κ2) is 8.10. The minimum absolute atomic E-state index is 0.0197. The van der Waals surface area contributed by atoms with E-state index in [0.29, 0.717) is 22.2 Å². The maximum Gasteiger partial charge on any atom is 0.410 e. The standard InChI is InChI=1S/C22H28ClN3O4/c1-22(2,3)30-21(27)26-13-6-5-7-14(26)9-15(8-13)29-19-10-16-17(11-18(19)28-4)24-12-25-20(16)23/h10-15H,5-9H2,1-4H3. The van der Waals surface area contributed by atoms with Crippen LogP contribution in [0.2, 0.25) is 5.15 Å². The molecule has 0 spiro atoms. The van der Waals surface area contributed by atoms with E-state index >= 15 is 0 Å². The molecule has 8 heteroatoms. The topological polar surface area (TPSA) is 73.8 Å². The van der Waals surface area contributed by atoms with Gasteiger partial charge >= 0.3 is 6.09 Å². The van der Waals surface area contributed by atoms with E-state index in [2.05, 4.69) is 9.97 Å². The number of hydrogen-bond donors (Lipinski definition) is 0. The third kappa shape index (κ3) is 4.26. The van der Waals surface area contributed by atoms with E-state index in [4.69, 9.17) is 25.8 Å². The fourth-order valence-corrected chi connectivity index (χ4v) is 4.70. The van der Waals surface area contributed by atoms with Gasteiger partial charge in [0.15, 0.2) is 11.5 Å². The summed E-state index contributed by atoms with van der Waals surface area (Å²) in [5.74, 6) is 1.23. The van der Waals surface area contributed by atoms with Crippen molar-refractivity contribution in [3.8, 4) is 11.5 Å². The van der Waals surface area contributed by atoms with Crippen molar-refractivity contribution in [3.63, 3.8) is 0 Å². The highest BCUT2D eigenvalue weighted by molar-refractivity contribution is 6.34. The van der Waals surface area contributed by atoms with Gasteiger partial charge in [-0.15, -0.1) is 0 Å². The number of fused-ring (bicyclic) bond motifs is 3. The summed E-state index contributed by atoms with van der Waals surface area (Å²) in [6, 6.07) is 3.90. The van der Waals surface area contributed by atoms with Crippen molar-refractivity contribution in [2.24, 2.45) is 0 Å². The number of benzene rings is 1. The first-order chi connectivity index (χ1) is 14.2. The molecule has 1 amide bonds. The molecule has 4 rings (SSSR count). The smallest absolute Gasteiger partial charge is 0.410 e. The molecule has 2 fully saturated rings. The van der Waals surface area contributed by atoms with Crippen molar-refractivity contribution < 1.29 is 19.0 Å². The highest BCUT2D eigenvalue weighted by Gasteiger charge is 2.43. The Morgan fingerprint density at radius 2 is 1.83 bits per heavy atom. The maximum absolute atomic E-state index is 12.8. The monoisotopic (exact) mass is 433 g/mol. The summed E-state index contributed by atoms with van der Waals surface area (Å²) < 4.78 is 17.6. The number of rotatable bonds is 3. The van der Waals surface area contributed by atoms with Crippen LogP contribution in [0.15, 0.2) is 18.5 Å². The van der Waals surface area contributed by atoms with E-state index in [1.807, 2.05) is 37.8 Å². The summed E-state index contributed by atoms with van der Waals surface area (Å²) in [5, 5.41) is 1.10. The highest BCUT2D eigenvalue weighted by Crippen LogP contribution is 2.40. The van der Waals surface area contributed by atoms with E-state index in [0.717, 1.165) is 37.5 Å². The molecule has 2 atom stereocenters. The number of methoxy groups -OCH3 is 1. The minimum Gasteiger partial charge on any atom is -0.493 e. The number of carbonyl (C=O) groups is 1. The number of nitrogens with zero attached hydrogens (tertiary/aromatic N) is 3. The van der Waals surface area contributed by atoms with E-state index in [1.54, 1.807) is 7.11 Å². The summed E-state index contributed by atoms with van der Waals surface area (Å²) >= 11 is 6.25. The number of carbonyl (C=O) groups excluding carboxylic acids is 1. The lowest BCUT2D eigenvalue weighted by molar-refractivity contribution is -0.0408. The Balaban J connectivity index is 1.55. The summed E-state index contributed by atoms with van der Waals surface area (Å²) in [6.45, 7) is 5.70. The van der Waals surface area contributed by atoms with Crippen LogP contribution in [0.25, 0.3) is 10.9 Å². The van der Waals surface area contributed by atoms with Gasteiger partial charge in [0, 0.05) is 36.4 Å². The molecule has 0 radical (unpaired) electrons. The van der Waals surface area contributed by atoms with Gasteiger partial charge in [0.2, 0.25) is 0 Å². The van der Waals surface area contributed by atoms with Crippen molar-refractivity contribution in [2.45, 2.75) is 76.7 Å². The molecule has 1 aromatic carbocycles. The molecule has 30 heavy (non-hydrogen) atoms. The van der Waals surface area contributed by atoms with Gasteiger partial charge in [0.05, 0.1) is 12.6 Å². The van der Waals surface area contributed by atoms with E-state index in [-0.39, 0.29) is 24.3 Å². The zero-order valence-electron chi connectivity index (χ0n) is 17.9. The summed E-state index contributed by atoms with van der Waals surface area (Å²) in [5.41, 5.74) is 0.203. The average Bonchev–Trinajstić information content (AvgIpc) is 2.66. The van der Waals surface area contributed by atoms with Crippen molar-refractivity contribution >= 4 is 28.6 Å². The molecule has 2 saturated heterocycles. The van der Waals surface area contributed by atoms with Crippen LogP contribution in [0.1, 0.15) is 52.9 Å². The molecule has 0 N–H and O–H groups in total. The molecule has 2 aromatic rings. The fraction of sp³-hybridized carbons (Fsp3) is 0.591. The van der Waals surface area contributed by atoms with Gasteiger partial charge in [0.25, 0.3) is 0 Å². The zero-order valence-corrected chi connectivity index (χ0v) is 18.6. The molecule has 162 valence electrons. The number of piperidine rings is 2. The normalized spacial score (nSPS) is 23.9. The molecule has 0 aliphatic carbocycles. The molecule has 2 aliphatic heterocycles. The molecule has 7 nitrogen and oxygen atoms in total. The molecule has 2 unspecified atom stereocenters. The Hall–Kier alpha value is -2.28. The lowest BCUT2D eigenvalue weighted by Crippen LogP contribution is -2.57. The summed E-state index contributed by atoms with van der Waals surface area (Å²) in [4.78, 5) is 23.0. The minimum atomic E-state index is -0.501. The second-order valence-electron chi connectivity index (χ2n) is 9.02. The Morgan fingerprint density at radius 1 is 1.13 bits per heavy atom. The maximum atomic E-state index is 12.8. The fourth-order valence-electron chi connectivity index (χ4n) is 4.50. The second-order valence-corrected chi connectivity index (χ2v) is 9.38. The van der Waals surface area contributed by atoms with Gasteiger partial charge in [0.1, 0.15) is 23.2 Å². The number of amides is 1. The van der Waals surface area contributed by atoms with Gasteiger partial charge in [-0.05, 0) is 46.1 Å². The quantitative estimate of drug-likeness (QED) is 0.635. The lowest BCUT2D eigenvalue weighted by atomic mass is 9.83. The molecule has 3 heterocycles. The number of ether oxygens (including phenoxy) is 3. The first kappa shape index (κ1) is 21.0. The van der Waals surface area contributed by atoms with Gasteiger partial charge in [-0.3, -0.25) is 0 Å². The van der Waals surface area contributed by atoms with Crippen molar-refractivity contribution in [1.29, 1.82) is 0 Å². The molecule has 2 aliphatic rings. The van der Waals surface area contributed by atoms with Gasteiger partial charge < -0.3 is 19.1 Å². The number of aromatic nitrogens is 2. The van der Waals surface area contributed by atoms with Crippen LogP contribution in [-0.4, -0.2) is 51.9 Å².